The minimum absolute atomic E-state index is 0.273. The Morgan fingerprint density at radius 1 is 1.10 bits per heavy atom. The van der Waals surface area contributed by atoms with Crippen molar-refractivity contribution in [3.63, 3.8) is 0 Å². The Bertz CT molecular complexity index is 591. The first-order valence-corrected chi connectivity index (χ1v) is 8.08. The van der Waals surface area contributed by atoms with E-state index in [0.717, 1.165) is 47.0 Å². The first-order valence-electron chi connectivity index (χ1n) is 7.50. The molecule has 0 saturated heterocycles. The van der Waals surface area contributed by atoms with Crippen molar-refractivity contribution in [1.29, 1.82) is 0 Å². The fourth-order valence-electron chi connectivity index (χ4n) is 2.24. The number of hydrogen-bond donors (Lipinski definition) is 1. The molecule has 0 aromatic heterocycles. The Balaban J connectivity index is 2.33. The number of benzene rings is 2. The number of unbranched alkanes of at least 4 members (excludes halogenated alkanes) is 1. The third-order valence-corrected chi connectivity index (χ3v) is 3.92. The molecule has 0 aliphatic carbocycles. The van der Waals surface area contributed by atoms with Crippen molar-refractivity contribution in [3.05, 3.63) is 42.0 Å². The summed E-state index contributed by atoms with van der Waals surface area (Å²) in [6.07, 6.45) is 3.02. The van der Waals surface area contributed by atoms with Gasteiger partial charge < -0.3 is 9.84 Å². The molecule has 1 N–H and O–H groups in total. The summed E-state index contributed by atoms with van der Waals surface area (Å²) in [7, 11) is 2.67. The molecule has 0 heterocycles. The van der Waals surface area contributed by atoms with Crippen molar-refractivity contribution in [3.8, 4) is 22.6 Å². The van der Waals surface area contributed by atoms with E-state index in [1.807, 2.05) is 30.3 Å². The molecular formula is C18H23O2P. The van der Waals surface area contributed by atoms with Gasteiger partial charge in [0.05, 0.1) is 6.61 Å². The van der Waals surface area contributed by atoms with E-state index in [9.17, 15) is 5.11 Å². The standard InChI is InChI=1S/C18H23O2P/c1-3-5-10-20-18-12-17(19)16(11-13(18)4-2)14-6-8-15(21)9-7-14/h6-9,11-12,19H,3-5,10,21H2,1-2H3. The molecule has 1 atom stereocenters. The lowest BCUT2D eigenvalue weighted by molar-refractivity contribution is 0.305. The number of phenols is 1. The number of rotatable bonds is 6. The Morgan fingerprint density at radius 2 is 1.81 bits per heavy atom. The topological polar surface area (TPSA) is 29.5 Å². The lowest BCUT2D eigenvalue weighted by atomic mass is 10.00. The molecule has 21 heavy (non-hydrogen) atoms. The average molecular weight is 302 g/mol. The molecule has 2 nitrogen and oxygen atoms in total. The van der Waals surface area contributed by atoms with E-state index >= 15 is 0 Å². The molecular weight excluding hydrogens is 279 g/mol. The zero-order valence-electron chi connectivity index (χ0n) is 12.7. The van der Waals surface area contributed by atoms with Crippen LogP contribution in [0.4, 0.5) is 0 Å². The van der Waals surface area contributed by atoms with Crippen LogP contribution in [0.2, 0.25) is 0 Å². The van der Waals surface area contributed by atoms with Crippen LogP contribution in [0.15, 0.2) is 36.4 Å². The summed E-state index contributed by atoms with van der Waals surface area (Å²) >= 11 is 0. The molecule has 2 rings (SSSR count). The molecule has 0 radical (unpaired) electrons. The van der Waals surface area contributed by atoms with Crippen LogP contribution >= 0.6 is 9.24 Å². The van der Waals surface area contributed by atoms with E-state index in [0.29, 0.717) is 6.61 Å². The Hall–Kier alpha value is -1.53. The zero-order valence-corrected chi connectivity index (χ0v) is 13.9. The predicted octanol–water partition coefficient (Wildman–Crippen LogP) is 4.30. The van der Waals surface area contributed by atoms with Gasteiger partial charge in [-0.2, -0.15) is 0 Å². The fourth-order valence-corrected chi connectivity index (χ4v) is 2.44. The Kier molecular flexibility index (Phi) is 5.64. The van der Waals surface area contributed by atoms with Crippen molar-refractivity contribution in [2.45, 2.75) is 33.1 Å². The van der Waals surface area contributed by atoms with Crippen LogP contribution in [0.5, 0.6) is 11.5 Å². The van der Waals surface area contributed by atoms with E-state index in [4.69, 9.17) is 4.74 Å². The van der Waals surface area contributed by atoms with Crippen molar-refractivity contribution < 1.29 is 9.84 Å². The van der Waals surface area contributed by atoms with Crippen molar-refractivity contribution in [1.82, 2.24) is 0 Å². The highest BCUT2D eigenvalue weighted by Gasteiger charge is 2.11. The quantitative estimate of drug-likeness (QED) is 0.637. The van der Waals surface area contributed by atoms with Crippen molar-refractivity contribution in [2.24, 2.45) is 0 Å². The van der Waals surface area contributed by atoms with Crippen LogP contribution < -0.4 is 10.0 Å². The summed E-state index contributed by atoms with van der Waals surface area (Å²) in [5, 5.41) is 11.4. The van der Waals surface area contributed by atoms with Crippen LogP contribution in [-0.2, 0) is 6.42 Å². The van der Waals surface area contributed by atoms with Gasteiger partial charge in [-0.25, -0.2) is 0 Å². The second-order valence-corrected chi connectivity index (χ2v) is 5.82. The van der Waals surface area contributed by atoms with Gasteiger partial charge in [0, 0.05) is 11.6 Å². The highest BCUT2D eigenvalue weighted by molar-refractivity contribution is 7.27. The third kappa shape index (κ3) is 3.98. The summed E-state index contributed by atoms with van der Waals surface area (Å²) < 4.78 is 5.80. The highest BCUT2D eigenvalue weighted by Crippen LogP contribution is 2.35. The van der Waals surface area contributed by atoms with Gasteiger partial charge in [-0.05, 0) is 35.3 Å². The molecule has 0 saturated carbocycles. The predicted molar refractivity (Wildman–Crippen MR) is 92.7 cm³/mol. The van der Waals surface area contributed by atoms with Crippen molar-refractivity contribution >= 4 is 14.5 Å². The van der Waals surface area contributed by atoms with E-state index in [2.05, 4.69) is 23.1 Å². The Labute approximate surface area is 129 Å². The van der Waals surface area contributed by atoms with Gasteiger partial charge in [0.1, 0.15) is 11.5 Å². The van der Waals surface area contributed by atoms with E-state index in [-0.39, 0.29) is 5.75 Å². The van der Waals surface area contributed by atoms with E-state index in [1.54, 1.807) is 6.07 Å². The molecule has 0 amide bonds. The summed E-state index contributed by atoms with van der Waals surface area (Å²) in [4.78, 5) is 0. The molecule has 2 aromatic rings. The zero-order chi connectivity index (χ0) is 15.2. The summed E-state index contributed by atoms with van der Waals surface area (Å²) in [6.45, 7) is 4.94. The SMILES string of the molecule is CCCCOc1cc(O)c(-c2ccc(P)cc2)cc1CC. The van der Waals surface area contributed by atoms with E-state index in [1.165, 1.54) is 0 Å². The average Bonchev–Trinajstić information content (AvgIpc) is 2.49. The monoisotopic (exact) mass is 302 g/mol. The lowest BCUT2D eigenvalue weighted by Gasteiger charge is -2.14. The third-order valence-electron chi connectivity index (χ3n) is 3.54. The lowest BCUT2D eigenvalue weighted by Crippen LogP contribution is -2.00. The van der Waals surface area contributed by atoms with Gasteiger partial charge in [0.15, 0.2) is 0 Å². The van der Waals surface area contributed by atoms with Gasteiger partial charge in [-0.15, -0.1) is 9.24 Å². The van der Waals surface area contributed by atoms with Crippen LogP contribution in [0.1, 0.15) is 32.3 Å². The largest absolute Gasteiger partial charge is 0.507 e. The molecule has 0 fully saturated rings. The minimum atomic E-state index is 0.273. The van der Waals surface area contributed by atoms with Crippen molar-refractivity contribution in [2.75, 3.05) is 6.61 Å². The molecule has 112 valence electrons. The summed E-state index contributed by atoms with van der Waals surface area (Å²) in [6, 6.07) is 11.9. The Morgan fingerprint density at radius 3 is 2.43 bits per heavy atom. The molecule has 0 aliphatic heterocycles. The number of hydrogen-bond acceptors (Lipinski definition) is 2. The summed E-state index contributed by atoms with van der Waals surface area (Å²) in [5.74, 6) is 1.07. The molecule has 1 unspecified atom stereocenters. The van der Waals surface area contributed by atoms with Crippen LogP contribution in [0.25, 0.3) is 11.1 Å². The maximum atomic E-state index is 10.3. The van der Waals surface area contributed by atoms with Gasteiger partial charge in [0.25, 0.3) is 0 Å². The van der Waals surface area contributed by atoms with Crippen LogP contribution in [0.3, 0.4) is 0 Å². The smallest absolute Gasteiger partial charge is 0.127 e. The minimum Gasteiger partial charge on any atom is -0.507 e. The first kappa shape index (κ1) is 15.9. The van der Waals surface area contributed by atoms with Gasteiger partial charge in [0.2, 0.25) is 0 Å². The number of aryl methyl sites for hydroxylation is 1. The fraction of sp³-hybridized carbons (Fsp3) is 0.333. The molecule has 2 aromatic carbocycles. The van der Waals surface area contributed by atoms with Crippen LogP contribution in [-0.4, -0.2) is 11.7 Å². The maximum Gasteiger partial charge on any atom is 0.127 e. The molecule has 0 spiro atoms. The second kappa shape index (κ2) is 7.47. The maximum absolute atomic E-state index is 10.3. The van der Waals surface area contributed by atoms with E-state index < -0.39 is 0 Å². The van der Waals surface area contributed by atoms with Gasteiger partial charge in [-0.1, -0.05) is 44.5 Å². The van der Waals surface area contributed by atoms with Crippen LogP contribution in [0, 0.1) is 0 Å². The molecule has 0 bridgehead atoms. The molecule has 3 heteroatoms. The number of ether oxygens (including phenoxy) is 1. The number of phenolic OH excluding ortho intramolecular Hbond substituents is 1. The summed E-state index contributed by atoms with van der Waals surface area (Å²) in [5.41, 5.74) is 3.02. The second-order valence-electron chi connectivity index (χ2n) is 5.15. The molecule has 0 aliphatic rings. The van der Waals surface area contributed by atoms with Gasteiger partial charge >= 0.3 is 0 Å². The first-order chi connectivity index (χ1) is 10.2. The number of aromatic hydroxyl groups is 1. The normalized spacial score (nSPS) is 10.6. The highest BCUT2D eigenvalue weighted by atomic mass is 31.0. The van der Waals surface area contributed by atoms with Gasteiger partial charge in [-0.3, -0.25) is 0 Å².